The van der Waals surface area contributed by atoms with Crippen LogP contribution in [-0.2, 0) is 9.59 Å². The summed E-state index contributed by atoms with van der Waals surface area (Å²) in [6.45, 7) is 7.74. The van der Waals surface area contributed by atoms with Crippen molar-refractivity contribution in [3.63, 3.8) is 0 Å². The van der Waals surface area contributed by atoms with Crippen molar-refractivity contribution in [3.8, 4) is 5.75 Å². The second-order valence-corrected chi connectivity index (χ2v) is 9.10. The Morgan fingerprint density at radius 2 is 1.85 bits per heavy atom. The van der Waals surface area contributed by atoms with Gasteiger partial charge in [0.15, 0.2) is 5.13 Å². The van der Waals surface area contributed by atoms with Crippen LogP contribution < -0.4 is 9.64 Å². The Balaban J connectivity index is 1.88. The van der Waals surface area contributed by atoms with Crippen molar-refractivity contribution in [3.05, 3.63) is 93.5 Å². The highest BCUT2D eigenvalue weighted by Gasteiger charge is 2.48. The van der Waals surface area contributed by atoms with E-state index in [1.165, 1.54) is 16.2 Å². The Bertz CT molecular complexity index is 1240. The molecule has 1 aromatic heterocycles. The third kappa shape index (κ3) is 4.29. The summed E-state index contributed by atoms with van der Waals surface area (Å²) in [5, 5.41) is 12.0. The van der Waals surface area contributed by atoms with Crippen molar-refractivity contribution in [1.29, 1.82) is 0 Å². The molecule has 0 radical (unpaired) electrons. The summed E-state index contributed by atoms with van der Waals surface area (Å²) in [6.07, 6.45) is 1.64. The first-order valence-corrected chi connectivity index (χ1v) is 11.4. The topological polar surface area (TPSA) is 79.7 Å². The summed E-state index contributed by atoms with van der Waals surface area (Å²) in [4.78, 5) is 33.1. The number of aliphatic hydroxyl groups is 1. The van der Waals surface area contributed by atoms with E-state index in [2.05, 4.69) is 11.6 Å². The number of rotatable bonds is 6. The average molecular weight is 481 g/mol. The van der Waals surface area contributed by atoms with Crippen LogP contribution >= 0.6 is 22.9 Å². The van der Waals surface area contributed by atoms with Crippen LogP contribution in [-0.4, -0.2) is 28.4 Å². The van der Waals surface area contributed by atoms with E-state index >= 15 is 0 Å². The number of anilines is 1. The molecule has 0 aliphatic carbocycles. The largest absolute Gasteiger partial charge is 0.507 e. The molecule has 1 aliphatic rings. The molecule has 1 saturated heterocycles. The first kappa shape index (κ1) is 22.8. The second kappa shape index (κ2) is 9.21. The van der Waals surface area contributed by atoms with Crippen LogP contribution in [0.4, 0.5) is 5.13 Å². The fourth-order valence-corrected chi connectivity index (χ4v) is 4.63. The molecule has 1 atom stereocenters. The van der Waals surface area contributed by atoms with Crippen molar-refractivity contribution < 1.29 is 19.4 Å². The molecule has 0 saturated carbocycles. The Morgan fingerprint density at radius 3 is 2.42 bits per heavy atom. The molecule has 8 heteroatoms. The number of benzene rings is 2. The minimum atomic E-state index is -0.848. The average Bonchev–Trinajstić information content (AvgIpc) is 3.28. The summed E-state index contributed by atoms with van der Waals surface area (Å²) < 4.78 is 5.55. The maximum Gasteiger partial charge on any atom is 0.301 e. The van der Waals surface area contributed by atoms with Crippen LogP contribution in [0.15, 0.2) is 66.8 Å². The minimum Gasteiger partial charge on any atom is -0.507 e. The number of hydrogen-bond acceptors (Lipinski definition) is 6. The zero-order chi connectivity index (χ0) is 23.7. The van der Waals surface area contributed by atoms with E-state index in [1.807, 2.05) is 13.8 Å². The van der Waals surface area contributed by atoms with Crippen LogP contribution in [0, 0.1) is 13.8 Å². The van der Waals surface area contributed by atoms with Gasteiger partial charge in [-0.15, -0.1) is 11.3 Å². The highest BCUT2D eigenvalue weighted by atomic mass is 35.5. The maximum atomic E-state index is 13.2. The van der Waals surface area contributed by atoms with Crippen molar-refractivity contribution in [1.82, 2.24) is 4.98 Å². The van der Waals surface area contributed by atoms with Gasteiger partial charge in [0.25, 0.3) is 5.78 Å². The van der Waals surface area contributed by atoms with Gasteiger partial charge >= 0.3 is 5.91 Å². The van der Waals surface area contributed by atoms with Crippen molar-refractivity contribution >= 4 is 45.5 Å². The van der Waals surface area contributed by atoms with Gasteiger partial charge in [-0.25, -0.2) is 4.98 Å². The molecule has 168 valence electrons. The standard InChI is InChI=1S/C25H21ClN2O4S/c1-4-13-32-19-11-7-16(8-12-19)21-20(22(29)17-5-9-18(26)10-6-17)23(30)24(31)28(21)25-27-14(2)15(3)33-25/h4-12,21,29H,1,13H2,2-3H3/b22-20+/t21-/m1/s1. The molecular formula is C25H21ClN2O4S. The highest BCUT2D eigenvalue weighted by Crippen LogP contribution is 2.44. The van der Waals surface area contributed by atoms with Crippen molar-refractivity contribution in [2.45, 2.75) is 19.9 Å². The van der Waals surface area contributed by atoms with Crippen LogP contribution in [0.25, 0.3) is 5.76 Å². The molecule has 0 bridgehead atoms. The second-order valence-electron chi connectivity index (χ2n) is 7.48. The Morgan fingerprint density at radius 1 is 1.18 bits per heavy atom. The number of hydrogen-bond donors (Lipinski definition) is 1. The van der Waals surface area contributed by atoms with Gasteiger partial charge in [0.2, 0.25) is 0 Å². The zero-order valence-electron chi connectivity index (χ0n) is 18.0. The van der Waals surface area contributed by atoms with Gasteiger partial charge in [0.1, 0.15) is 18.1 Å². The number of ketones is 1. The van der Waals surface area contributed by atoms with Crippen LogP contribution in [0.5, 0.6) is 5.75 Å². The predicted molar refractivity (Wildman–Crippen MR) is 130 cm³/mol. The maximum absolute atomic E-state index is 13.2. The minimum absolute atomic E-state index is 0.00686. The molecule has 1 N–H and O–H groups in total. The summed E-state index contributed by atoms with van der Waals surface area (Å²) >= 11 is 7.30. The van der Waals surface area contributed by atoms with E-state index in [0.717, 1.165) is 10.6 Å². The molecule has 2 heterocycles. The van der Waals surface area contributed by atoms with E-state index < -0.39 is 17.7 Å². The molecule has 0 spiro atoms. The summed E-state index contributed by atoms with van der Waals surface area (Å²) in [6, 6.07) is 12.6. The van der Waals surface area contributed by atoms with Gasteiger partial charge < -0.3 is 9.84 Å². The highest BCUT2D eigenvalue weighted by molar-refractivity contribution is 7.16. The van der Waals surface area contributed by atoms with Gasteiger partial charge in [-0.3, -0.25) is 14.5 Å². The van der Waals surface area contributed by atoms with E-state index in [-0.39, 0.29) is 11.3 Å². The first-order chi connectivity index (χ1) is 15.8. The monoisotopic (exact) mass is 480 g/mol. The lowest BCUT2D eigenvalue weighted by Gasteiger charge is -2.23. The van der Waals surface area contributed by atoms with Gasteiger partial charge in [0, 0.05) is 15.5 Å². The quantitative estimate of drug-likeness (QED) is 0.215. The molecule has 33 heavy (non-hydrogen) atoms. The fourth-order valence-electron chi connectivity index (χ4n) is 3.57. The van der Waals surface area contributed by atoms with Gasteiger partial charge in [-0.05, 0) is 55.8 Å². The fraction of sp³-hybridized carbons (Fsp3) is 0.160. The smallest absolute Gasteiger partial charge is 0.301 e. The SMILES string of the molecule is C=CCOc1ccc([C@@H]2/C(=C(\O)c3ccc(Cl)cc3)C(=O)C(=O)N2c2nc(C)c(C)s2)cc1. The molecule has 2 aromatic carbocycles. The lowest BCUT2D eigenvalue weighted by molar-refractivity contribution is -0.132. The number of ether oxygens (including phenoxy) is 1. The number of aliphatic hydroxyl groups excluding tert-OH is 1. The summed E-state index contributed by atoms with van der Waals surface area (Å²) in [5.74, 6) is -1.16. The normalized spacial score (nSPS) is 17.4. The lowest BCUT2D eigenvalue weighted by atomic mass is 9.95. The number of aromatic nitrogens is 1. The van der Waals surface area contributed by atoms with Crippen LogP contribution in [0.3, 0.4) is 0 Å². The summed E-state index contributed by atoms with van der Waals surface area (Å²) in [5.41, 5.74) is 1.80. The number of halogens is 1. The van der Waals surface area contributed by atoms with Crippen LogP contribution in [0.1, 0.15) is 27.7 Å². The van der Waals surface area contributed by atoms with Gasteiger partial charge in [-0.2, -0.15) is 0 Å². The number of nitrogens with zero attached hydrogens (tertiary/aromatic N) is 2. The zero-order valence-corrected chi connectivity index (χ0v) is 19.6. The van der Waals surface area contributed by atoms with Gasteiger partial charge in [-0.1, -0.05) is 36.4 Å². The molecule has 1 fully saturated rings. The Labute approximate surface area is 200 Å². The predicted octanol–water partition coefficient (Wildman–Crippen LogP) is 5.60. The lowest BCUT2D eigenvalue weighted by Crippen LogP contribution is -2.29. The first-order valence-electron chi connectivity index (χ1n) is 10.2. The number of carbonyl (C=O) groups excluding carboxylic acids is 2. The van der Waals surface area contributed by atoms with Crippen molar-refractivity contribution in [2.24, 2.45) is 0 Å². The van der Waals surface area contributed by atoms with E-state index in [1.54, 1.807) is 54.6 Å². The number of carbonyl (C=O) groups is 2. The number of Topliss-reactive ketones (excluding diaryl/α,β-unsaturated/α-hetero) is 1. The summed E-state index contributed by atoms with van der Waals surface area (Å²) in [7, 11) is 0. The third-order valence-corrected chi connectivity index (χ3v) is 6.67. The van der Waals surface area contributed by atoms with Crippen molar-refractivity contribution in [2.75, 3.05) is 11.5 Å². The number of thiazole rings is 1. The van der Waals surface area contributed by atoms with Crippen LogP contribution in [0.2, 0.25) is 5.02 Å². The molecule has 6 nitrogen and oxygen atoms in total. The molecule has 4 rings (SSSR count). The molecule has 0 unspecified atom stereocenters. The van der Waals surface area contributed by atoms with E-state index in [0.29, 0.717) is 33.6 Å². The Hall–Kier alpha value is -3.42. The molecule has 1 aliphatic heterocycles. The number of amides is 1. The Kier molecular flexibility index (Phi) is 6.35. The molecule has 1 amide bonds. The molecule has 3 aromatic rings. The third-order valence-electron chi connectivity index (χ3n) is 5.35. The van der Waals surface area contributed by atoms with E-state index in [4.69, 9.17) is 16.3 Å². The number of aryl methyl sites for hydroxylation is 2. The van der Waals surface area contributed by atoms with E-state index in [9.17, 15) is 14.7 Å². The van der Waals surface area contributed by atoms with Gasteiger partial charge in [0.05, 0.1) is 17.3 Å². The molecular weight excluding hydrogens is 460 g/mol.